The smallest absolute Gasteiger partial charge is 0.215 e. The average Bonchev–Trinajstić information content (AvgIpc) is 2.94. The van der Waals surface area contributed by atoms with Gasteiger partial charge in [0.2, 0.25) is 5.78 Å². The fourth-order valence-corrected chi connectivity index (χ4v) is 1.81. The van der Waals surface area contributed by atoms with Crippen molar-refractivity contribution in [1.29, 1.82) is 0 Å². The maximum absolute atomic E-state index is 12.2. The predicted molar refractivity (Wildman–Crippen MR) is 67.9 cm³/mol. The summed E-state index contributed by atoms with van der Waals surface area (Å²) in [6, 6.07) is 1.61. The van der Waals surface area contributed by atoms with Crippen LogP contribution in [0.25, 0.3) is 0 Å². The number of carbonyl (C=O) groups excluding carboxylic acids is 1. The van der Waals surface area contributed by atoms with Gasteiger partial charge in [0, 0.05) is 6.54 Å². The Hall–Kier alpha value is -1.59. The second-order valence-corrected chi connectivity index (χ2v) is 4.62. The van der Waals surface area contributed by atoms with Crippen LogP contribution < -0.4 is 0 Å². The molecule has 0 unspecified atom stereocenters. The number of hydrogen-bond donors (Lipinski definition) is 0. The summed E-state index contributed by atoms with van der Waals surface area (Å²) in [4.78, 5) is 14.3. The second kappa shape index (κ2) is 5.37. The fourth-order valence-electron chi connectivity index (χ4n) is 1.58. The van der Waals surface area contributed by atoms with Crippen molar-refractivity contribution in [1.82, 2.24) is 14.7 Å². The molecule has 0 aliphatic heterocycles. The van der Waals surface area contributed by atoms with Crippen molar-refractivity contribution in [3.8, 4) is 0 Å². The highest BCUT2D eigenvalue weighted by molar-refractivity contribution is 6.34. The van der Waals surface area contributed by atoms with E-state index in [4.69, 9.17) is 16.0 Å². The van der Waals surface area contributed by atoms with Crippen molar-refractivity contribution in [3.63, 3.8) is 0 Å². The van der Waals surface area contributed by atoms with E-state index in [1.54, 1.807) is 10.7 Å². The van der Waals surface area contributed by atoms with Gasteiger partial charge in [-0.05, 0) is 20.2 Å². The molecule has 0 aromatic carbocycles. The Morgan fingerprint density at radius 1 is 1.56 bits per heavy atom. The molecule has 0 radical (unpaired) electrons. The molecule has 18 heavy (non-hydrogen) atoms. The second-order valence-electron chi connectivity index (χ2n) is 4.21. The van der Waals surface area contributed by atoms with E-state index in [-0.39, 0.29) is 5.78 Å². The molecule has 5 nitrogen and oxygen atoms in total. The van der Waals surface area contributed by atoms with Crippen LogP contribution in [0.15, 0.2) is 29.2 Å². The molecule has 2 rings (SSSR count). The van der Waals surface area contributed by atoms with E-state index in [2.05, 4.69) is 5.10 Å². The molecule has 0 N–H and O–H groups in total. The van der Waals surface area contributed by atoms with Crippen molar-refractivity contribution >= 4 is 17.4 Å². The van der Waals surface area contributed by atoms with Crippen molar-refractivity contribution in [2.45, 2.75) is 6.54 Å². The summed E-state index contributed by atoms with van der Waals surface area (Å²) in [6.07, 6.45) is 4.36. The SMILES string of the molecule is CN(C)CCn1ncc(Cl)c1C(=O)c1ccoc1. The molecule has 0 amide bonds. The Balaban J connectivity index is 2.26. The number of furan rings is 1. The summed E-state index contributed by atoms with van der Waals surface area (Å²) in [7, 11) is 3.92. The normalized spacial score (nSPS) is 11.1. The number of hydrogen-bond acceptors (Lipinski definition) is 4. The number of halogens is 1. The molecule has 0 atom stereocenters. The van der Waals surface area contributed by atoms with Crippen LogP contribution in [0, 0.1) is 0 Å². The van der Waals surface area contributed by atoms with Crippen LogP contribution in [0.2, 0.25) is 5.02 Å². The number of ketones is 1. The first-order valence-electron chi connectivity index (χ1n) is 5.52. The van der Waals surface area contributed by atoms with Crippen molar-refractivity contribution in [3.05, 3.63) is 41.1 Å². The molecule has 0 bridgehead atoms. The van der Waals surface area contributed by atoms with E-state index < -0.39 is 0 Å². The van der Waals surface area contributed by atoms with E-state index in [1.165, 1.54) is 18.7 Å². The van der Waals surface area contributed by atoms with Crippen molar-refractivity contribution < 1.29 is 9.21 Å². The van der Waals surface area contributed by atoms with E-state index in [0.29, 0.717) is 22.8 Å². The van der Waals surface area contributed by atoms with Gasteiger partial charge < -0.3 is 9.32 Å². The van der Waals surface area contributed by atoms with Gasteiger partial charge in [-0.25, -0.2) is 0 Å². The highest BCUT2D eigenvalue weighted by atomic mass is 35.5. The zero-order valence-corrected chi connectivity index (χ0v) is 11.0. The van der Waals surface area contributed by atoms with Gasteiger partial charge in [0.25, 0.3) is 0 Å². The maximum atomic E-state index is 12.2. The third-order valence-electron chi connectivity index (χ3n) is 2.55. The summed E-state index contributed by atoms with van der Waals surface area (Å²) < 4.78 is 6.53. The first-order valence-corrected chi connectivity index (χ1v) is 5.90. The maximum Gasteiger partial charge on any atom is 0.215 e. The van der Waals surface area contributed by atoms with E-state index in [9.17, 15) is 4.79 Å². The molecule has 6 heteroatoms. The van der Waals surface area contributed by atoms with Crippen LogP contribution in [0.4, 0.5) is 0 Å². The minimum atomic E-state index is -0.176. The van der Waals surface area contributed by atoms with Gasteiger partial charge in [0.1, 0.15) is 12.0 Å². The zero-order valence-electron chi connectivity index (χ0n) is 10.3. The van der Waals surface area contributed by atoms with Crippen molar-refractivity contribution in [2.75, 3.05) is 20.6 Å². The number of likely N-dealkylation sites (N-methyl/N-ethyl adjacent to an activating group) is 1. The topological polar surface area (TPSA) is 51.3 Å². The van der Waals surface area contributed by atoms with Crippen LogP contribution in [-0.2, 0) is 6.54 Å². The fraction of sp³-hybridized carbons (Fsp3) is 0.333. The van der Waals surface area contributed by atoms with Gasteiger partial charge in [0.15, 0.2) is 0 Å². The van der Waals surface area contributed by atoms with Crippen LogP contribution >= 0.6 is 11.6 Å². The third kappa shape index (κ3) is 2.63. The Kier molecular flexibility index (Phi) is 3.84. The third-order valence-corrected chi connectivity index (χ3v) is 2.83. The summed E-state index contributed by atoms with van der Waals surface area (Å²) >= 11 is 6.02. The molecular formula is C12H14ClN3O2. The minimum absolute atomic E-state index is 0.176. The van der Waals surface area contributed by atoms with Gasteiger partial charge in [-0.2, -0.15) is 5.10 Å². The number of carbonyl (C=O) groups is 1. The average molecular weight is 268 g/mol. The Labute approximate surface area is 110 Å². The highest BCUT2D eigenvalue weighted by Crippen LogP contribution is 2.19. The summed E-state index contributed by atoms with van der Waals surface area (Å²) in [5, 5.41) is 4.49. The summed E-state index contributed by atoms with van der Waals surface area (Å²) in [6.45, 7) is 1.39. The molecule has 0 fully saturated rings. The predicted octanol–water partition coefficient (Wildman–Crippen LogP) is 1.92. The molecule has 0 aliphatic carbocycles. The minimum Gasteiger partial charge on any atom is -0.472 e. The standard InChI is InChI=1S/C12H14ClN3O2/c1-15(2)4-5-16-11(10(13)7-14-16)12(17)9-3-6-18-8-9/h3,6-8H,4-5H2,1-2H3. The molecule has 2 heterocycles. The van der Waals surface area contributed by atoms with E-state index in [1.807, 2.05) is 19.0 Å². The van der Waals surface area contributed by atoms with Gasteiger partial charge in [-0.15, -0.1) is 0 Å². The number of nitrogens with zero attached hydrogens (tertiary/aromatic N) is 3. The van der Waals surface area contributed by atoms with E-state index >= 15 is 0 Å². The van der Waals surface area contributed by atoms with Gasteiger partial charge in [-0.3, -0.25) is 9.48 Å². The number of aromatic nitrogens is 2. The molecule has 2 aromatic heterocycles. The lowest BCUT2D eigenvalue weighted by Gasteiger charge is -2.11. The van der Waals surface area contributed by atoms with E-state index in [0.717, 1.165) is 6.54 Å². The van der Waals surface area contributed by atoms with Crippen molar-refractivity contribution in [2.24, 2.45) is 0 Å². The first-order chi connectivity index (χ1) is 8.59. The monoisotopic (exact) mass is 267 g/mol. The summed E-state index contributed by atoms with van der Waals surface area (Å²) in [5.41, 5.74) is 0.878. The van der Waals surface area contributed by atoms with Gasteiger partial charge in [-0.1, -0.05) is 11.6 Å². The van der Waals surface area contributed by atoms with Crippen LogP contribution in [0.5, 0.6) is 0 Å². The Bertz CT molecular complexity index is 532. The lowest BCUT2D eigenvalue weighted by molar-refractivity contribution is 0.102. The highest BCUT2D eigenvalue weighted by Gasteiger charge is 2.19. The van der Waals surface area contributed by atoms with Gasteiger partial charge in [0.05, 0.1) is 29.6 Å². The largest absolute Gasteiger partial charge is 0.472 e. The lowest BCUT2D eigenvalue weighted by atomic mass is 10.1. The molecular weight excluding hydrogens is 254 g/mol. The molecule has 0 aliphatic rings. The lowest BCUT2D eigenvalue weighted by Crippen LogP contribution is -2.21. The molecule has 2 aromatic rings. The van der Waals surface area contributed by atoms with Gasteiger partial charge >= 0.3 is 0 Å². The first kappa shape index (κ1) is 12.9. The Morgan fingerprint density at radius 3 is 2.94 bits per heavy atom. The van der Waals surface area contributed by atoms with Crippen LogP contribution in [0.1, 0.15) is 16.1 Å². The quantitative estimate of drug-likeness (QED) is 0.777. The zero-order chi connectivity index (χ0) is 13.1. The molecule has 0 saturated heterocycles. The Morgan fingerprint density at radius 2 is 2.33 bits per heavy atom. The number of rotatable bonds is 5. The van der Waals surface area contributed by atoms with Crippen LogP contribution in [-0.4, -0.2) is 41.1 Å². The summed E-state index contributed by atoms with van der Waals surface area (Å²) in [5.74, 6) is -0.176. The molecule has 96 valence electrons. The van der Waals surface area contributed by atoms with Crippen LogP contribution in [0.3, 0.4) is 0 Å². The molecule has 0 saturated carbocycles. The molecule has 0 spiro atoms.